The van der Waals surface area contributed by atoms with Crippen molar-refractivity contribution in [2.75, 3.05) is 40.3 Å². The smallest absolute Gasteiger partial charge is 0.248 e. The van der Waals surface area contributed by atoms with Crippen LogP contribution >= 0.6 is 0 Å². The summed E-state index contributed by atoms with van der Waals surface area (Å²) in [5.74, 6) is -0.368. The fraction of sp³-hybridized carbons (Fsp3) is 0.350. The Morgan fingerprint density at radius 2 is 1.96 bits per heavy atom. The van der Waals surface area contributed by atoms with Crippen LogP contribution in [0.3, 0.4) is 0 Å². The fourth-order valence-corrected chi connectivity index (χ4v) is 3.02. The van der Waals surface area contributed by atoms with Gasteiger partial charge in [0.25, 0.3) is 0 Å². The number of carbonyl (C=O) groups excluding carboxylic acids is 2. The summed E-state index contributed by atoms with van der Waals surface area (Å²) in [6, 6.07) is 12.7. The summed E-state index contributed by atoms with van der Waals surface area (Å²) in [7, 11) is 3.76. The maximum Gasteiger partial charge on any atom is 0.248 e. The summed E-state index contributed by atoms with van der Waals surface area (Å²) in [6.45, 7) is 1.95. The van der Waals surface area contributed by atoms with Crippen molar-refractivity contribution in [2.24, 2.45) is 5.73 Å². The number of rotatable bonds is 5. The summed E-state index contributed by atoms with van der Waals surface area (Å²) in [5.41, 5.74) is 8.20. The minimum Gasteiger partial charge on any atom is -0.368 e. The zero-order valence-corrected chi connectivity index (χ0v) is 15.6. The molecule has 0 bridgehead atoms. The fourth-order valence-electron chi connectivity index (χ4n) is 3.02. The Balaban J connectivity index is 1.76. The van der Waals surface area contributed by atoms with Crippen LogP contribution in [0.4, 0.5) is 0 Å². The van der Waals surface area contributed by atoms with Gasteiger partial charge in [0.05, 0.1) is 31.1 Å². The van der Waals surface area contributed by atoms with E-state index >= 15 is 0 Å². The van der Waals surface area contributed by atoms with Gasteiger partial charge in [-0.1, -0.05) is 18.2 Å². The van der Waals surface area contributed by atoms with E-state index in [0.29, 0.717) is 31.8 Å². The van der Waals surface area contributed by atoms with Crippen molar-refractivity contribution < 1.29 is 14.3 Å². The standard InChI is InChI=1S/C20H24N4O3/c1-23(2)13-19(25)24-10-11-27-18(12-24)17-5-3-4-16(22-17)14-6-8-15(9-7-14)20(21)26/h3-9,18H,10-13H2,1-2H3,(H2,21,26)/t18-/m0/s1. The number of likely N-dealkylation sites (N-methyl/N-ethyl adjacent to an activating group) is 1. The molecule has 1 aromatic carbocycles. The van der Waals surface area contributed by atoms with Gasteiger partial charge in [0.2, 0.25) is 11.8 Å². The summed E-state index contributed by atoms with van der Waals surface area (Å²) in [4.78, 5) is 31.9. The van der Waals surface area contributed by atoms with Gasteiger partial charge in [-0.05, 0) is 38.4 Å². The molecule has 1 atom stereocenters. The molecule has 0 saturated carbocycles. The van der Waals surface area contributed by atoms with Crippen LogP contribution in [0.2, 0.25) is 0 Å². The third-order valence-corrected chi connectivity index (χ3v) is 4.44. The Kier molecular flexibility index (Phi) is 5.83. The van der Waals surface area contributed by atoms with Gasteiger partial charge in [-0.3, -0.25) is 9.59 Å². The van der Waals surface area contributed by atoms with Gasteiger partial charge in [-0.25, -0.2) is 4.98 Å². The predicted molar refractivity (Wildman–Crippen MR) is 102 cm³/mol. The van der Waals surface area contributed by atoms with Crippen LogP contribution in [0.1, 0.15) is 22.2 Å². The maximum atomic E-state index is 12.3. The lowest BCUT2D eigenvalue weighted by Crippen LogP contribution is -2.45. The number of ether oxygens (including phenoxy) is 1. The van der Waals surface area contributed by atoms with Crippen LogP contribution < -0.4 is 5.73 Å². The van der Waals surface area contributed by atoms with E-state index in [2.05, 4.69) is 0 Å². The van der Waals surface area contributed by atoms with Crippen LogP contribution in [-0.4, -0.2) is 66.9 Å². The highest BCUT2D eigenvalue weighted by Crippen LogP contribution is 2.24. The second-order valence-corrected chi connectivity index (χ2v) is 6.83. The van der Waals surface area contributed by atoms with Gasteiger partial charge in [-0.2, -0.15) is 0 Å². The second-order valence-electron chi connectivity index (χ2n) is 6.83. The summed E-state index contributed by atoms with van der Waals surface area (Å²) in [5, 5.41) is 0. The predicted octanol–water partition coefficient (Wildman–Crippen LogP) is 1.31. The van der Waals surface area contributed by atoms with Crippen molar-refractivity contribution in [3.63, 3.8) is 0 Å². The highest BCUT2D eigenvalue weighted by atomic mass is 16.5. The molecule has 7 heteroatoms. The number of carbonyl (C=O) groups is 2. The number of primary amides is 1. The Hall–Kier alpha value is -2.77. The number of hydrogen-bond acceptors (Lipinski definition) is 5. The number of nitrogens with two attached hydrogens (primary N) is 1. The molecule has 2 aromatic rings. The van der Waals surface area contributed by atoms with E-state index in [1.807, 2.05) is 54.2 Å². The normalized spacial score (nSPS) is 17.1. The van der Waals surface area contributed by atoms with E-state index in [1.165, 1.54) is 0 Å². The lowest BCUT2D eigenvalue weighted by molar-refractivity contribution is -0.139. The molecule has 1 aromatic heterocycles. The molecule has 1 saturated heterocycles. The highest BCUT2D eigenvalue weighted by molar-refractivity contribution is 5.93. The van der Waals surface area contributed by atoms with Crippen LogP contribution in [0, 0.1) is 0 Å². The molecule has 1 aliphatic rings. The molecule has 2 amide bonds. The zero-order chi connectivity index (χ0) is 19.4. The number of nitrogens with zero attached hydrogens (tertiary/aromatic N) is 3. The van der Waals surface area contributed by atoms with E-state index in [4.69, 9.17) is 15.5 Å². The van der Waals surface area contributed by atoms with Gasteiger partial charge in [0.15, 0.2) is 0 Å². The van der Waals surface area contributed by atoms with Crippen molar-refractivity contribution in [1.29, 1.82) is 0 Å². The first kappa shape index (κ1) is 19.0. The van der Waals surface area contributed by atoms with Crippen LogP contribution in [0.25, 0.3) is 11.3 Å². The first-order valence-electron chi connectivity index (χ1n) is 8.85. The molecule has 27 heavy (non-hydrogen) atoms. The summed E-state index contributed by atoms with van der Waals surface area (Å²) < 4.78 is 5.86. The molecule has 1 aliphatic heterocycles. The lowest BCUT2D eigenvalue weighted by atomic mass is 10.1. The van der Waals surface area contributed by atoms with Gasteiger partial charge in [-0.15, -0.1) is 0 Å². The molecule has 1 fully saturated rings. The van der Waals surface area contributed by atoms with E-state index in [0.717, 1.165) is 17.0 Å². The first-order valence-corrected chi connectivity index (χ1v) is 8.85. The Morgan fingerprint density at radius 1 is 1.22 bits per heavy atom. The van der Waals surface area contributed by atoms with Crippen LogP contribution in [0.5, 0.6) is 0 Å². The zero-order valence-electron chi connectivity index (χ0n) is 15.6. The molecule has 3 rings (SSSR count). The number of aromatic nitrogens is 1. The molecule has 7 nitrogen and oxygen atoms in total. The van der Waals surface area contributed by atoms with Crippen LogP contribution in [0.15, 0.2) is 42.5 Å². The van der Waals surface area contributed by atoms with Gasteiger partial charge in [0, 0.05) is 17.7 Å². The number of amides is 2. The van der Waals surface area contributed by atoms with Gasteiger partial charge < -0.3 is 20.3 Å². The maximum absolute atomic E-state index is 12.3. The van der Waals surface area contributed by atoms with Gasteiger partial charge >= 0.3 is 0 Å². The topological polar surface area (TPSA) is 88.8 Å². The van der Waals surface area contributed by atoms with E-state index in [9.17, 15) is 9.59 Å². The van der Waals surface area contributed by atoms with Gasteiger partial charge in [0.1, 0.15) is 6.10 Å². The quantitative estimate of drug-likeness (QED) is 0.860. The molecule has 0 spiro atoms. The second kappa shape index (κ2) is 8.28. The van der Waals surface area contributed by atoms with E-state index in [1.54, 1.807) is 12.1 Å². The molecule has 0 unspecified atom stereocenters. The Morgan fingerprint density at radius 3 is 2.63 bits per heavy atom. The number of hydrogen-bond donors (Lipinski definition) is 1. The number of benzene rings is 1. The molecule has 142 valence electrons. The molecular weight excluding hydrogens is 344 g/mol. The third kappa shape index (κ3) is 4.69. The third-order valence-electron chi connectivity index (χ3n) is 4.44. The minimum atomic E-state index is -0.457. The highest BCUT2D eigenvalue weighted by Gasteiger charge is 2.26. The molecular formula is C20H24N4O3. The summed E-state index contributed by atoms with van der Waals surface area (Å²) in [6.07, 6.45) is -0.255. The largest absolute Gasteiger partial charge is 0.368 e. The number of pyridine rings is 1. The molecule has 0 aliphatic carbocycles. The van der Waals surface area contributed by atoms with Crippen molar-refractivity contribution >= 4 is 11.8 Å². The molecule has 2 N–H and O–H groups in total. The summed E-state index contributed by atoms with van der Waals surface area (Å²) >= 11 is 0. The average molecular weight is 368 g/mol. The van der Waals surface area contributed by atoms with Crippen molar-refractivity contribution in [1.82, 2.24) is 14.8 Å². The van der Waals surface area contributed by atoms with Crippen molar-refractivity contribution in [3.8, 4) is 11.3 Å². The monoisotopic (exact) mass is 368 g/mol. The van der Waals surface area contributed by atoms with E-state index < -0.39 is 5.91 Å². The lowest BCUT2D eigenvalue weighted by Gasteiger charge is -2.33. The SMILES string of the molecule is CN(C)CC(=O)N1CCO[C@H](c2cccc(-c3ccc(C(N)=O)cc3)n2)C1. The minimum absolute atomic E-state index is 0.0893. The molecule has 2 heterocycles. The van der Waals surface area contributed by atoms with Crippen molar-refractivity contribution in [3.05, 3.63) is 53.7 Å². The first-order chi connectivity index (χ1) is 12.9. The Bertz CT molecular complexity index is 820. The van der Waals surface area contributed by atoms with Crippen molar-refractivity contribution in [2.45, 2.75) is 6.10 Å². The van der Waals surface area contributed by atoms with Crippen LogP contribution in [-0.2, 0) is 9.53 Å². The number of morpholine rings is 1. The van der Waals surface area contributed by atoms with E-state index in [-0.39, 0.29) is 12.0 Å². The average Bonchev–Trinajstić information content (AvgIpc) is 2.68. The Labute approximate surface area is 158 Å². The molecule has 0 radical (unpaired) electrons.